The van der Waals surface area contributed by atoms with Gasteiger partial charge in [-0.05, 0) is 50.7 Å². The highest BCUT2D eigenvalue weighted by atomic mass is 19.1. The van der Waals surface area contributed by atoms with Crippen LogP contribution in [-0.4, -0.2) is 27.2 Å². The summed E-state index contributed by atoms with van der Waals surface area (Å²) in [6.45, 7) is 3.83. The molecule has 2 nitrogen and oxygen atoms in total. The molecule has 0 radical (unpaired) electrons. The number of hydrogen-bond donors (Lipinski definition) is 1. The van der Waals surface area contributed by atoms with Gasteiger partial charge in [0.25, 0.3) is 0 Å². The lowest BCUT2D eigenvalue weighted by atomic mass is 10.2. The van der Waals surface area contributed by atoms with Gasteiger partial charge in [0.05, 0.1) is 0 Å². The van der Waals surface area contributed by atoms with Gasteiger partial charge in [-0.15, -0.1) is 0 Å². The van der Waals surface area contributed by atoms with E-state index in [0.717, 1.165) is 30.8 Å². The van der Waals surface area contributed by atoms with E-state index in [4.69, 9.17) is 0 Å². The van der Waals surface area contributed by atoms with Gasteiger partial charge in [-0.2, -0.15) is 0 Å². The maximum atomic E-state index is 13.1. The first-order valence-electron chi connectivity index (χ1n) is 5.26. The van der Waals surface area contributed by atoms with Crippen molar-refractivity contribution in [1.29, 1.82) is 0 Å². The van der Waals surface area contributed by atoms with E-state index in [9.17, 15) is 4.39 Å². The summed E-state index contributed by atoms with van der Waals surface area (Å²) in [4.78, 5) is 2.08. The first-order chi connectivity index (χ1) is 7.13. The minimum Gasteiger partial charge on any atom is -0.374 e. The molecule has 1 N–H and O–H groups in total. The maximum Gasteiger partial charge on any atom is 0.125 e. The molecule has 1 rings (SSSR count). The van der Waals surface area contributed by atoms with Crippen LogP contribution in [0, 0.1) is 12.7 Å². The standard InChI is InChI=1S/C12H19FN2/c1-10-7-11(13)9-12(8-10)15(3)6-4-5-14-2/h7-9,14H,4-6H2,1-3H3. The summed E-state index contributed by atoms with van der Waals surface area (Å²) in [7, 11) is 3.93. The van der Waals surface area contributed by atoms with Gasteiger partial charge in [0.1, 0.15) is 5.82 Å². The van der Waals surface area contributed by atoms with E-state index >= 15 is 0 Å². The molecular weight excluding hydrogens is 191 g/mol. The zero-order valence-corrected chi connectivity index (χ0v) is 9.68. The van der Waals surface area contributed by atoms with E-state index in [1.54, 1.807) is 12.1 Å². The number of hydrogen-bond acceptors (Lipinski definition) is 2. The Morgan fingerprint density at radius 2 is 2.07 bits per heavy atom. The summed E-state index contributed by atoms with van der Waals surface area (Å²) in [5, 5.41) is 3.10. The van der Waals surface area contributed by atoms with Crippen molar-refractivity contribution in [2.45, 2.75) is 13.3 Å². The summed E-state index contributed by atoms with van der Waals surface area (Å²) >= 11 is 0. The average molecular weight is 210 g/mol. The number of rotatable bonds is 5. The molecule has 0 aliphatic carbocycles. The third-order valence-electron chi connectivity index (χ3n) is 2.39. The Bertz CT molecular complexity index is 292. The Balaban J connectivity index is 2.60. The summed E-state index contributed by atoms with van der Waals surface area (Å²) in [6.07, 6.45) is 1.06. The molecule has 0 unspecified atom stereocenters. The van der Waals surface area contributed by atoms with Gasteiger partial charge >= 0.3 is 0 Å². The van der Waals surface area contributed by atoms with Crippen molar-refractivity contribution < 1.29 is 4.39 Å². The van der Waals surface area contributed by atoms with Crippen LogP contribution in [-0.2, 0) is 0 Å². The van der Waals surface area contributed by atoms with Crippen LogP contribution < -0.4 is 10.2 Å². The smallest absolute Gasteiger partial charge is 0.125 e. The molecule has 0 saturated heterocycles. The largest absolute Gasteiger partial charge is 0.374 e. The lowest BCUT2D eigenvalue weighted by Crippen LogP contribution is -2.22. The Kier molecular flexibility index (Phi) is 4.56. The minimum absolute atomic E-state index is 0.162. The molecule has 0 saturated carbocycles. The van der Waals surface area contributed by atoms with Crippen molar-refractivity contribution in [3.63, 3.8) is 0 Å². The van der Waals surface area contributed by atoms with Crippen molar-refractivity contribution in [3.05, 3.63) is 29.6 Å². The zero-order chi connectivity index (χ0) is 11.3. The quantitative estimate of drug-likeness (QED) is 0.749. The van der Waals surface area contributed by atoms with Gasteiger partial charge in [0, 0.05) is 19.3 Å². The fraction of sp³-hybridized carbons (Fsp3) is 0.500. The van der Waals surface area contributed by atoms with E-state index in [0.29, 0.717) is 0 Å². The highest BCUT2D eigenvalue weighted by Gasteiger charge is 2.02. The topological polar surface area (TPSA) is 15.3 Å². The van der Waals surface area contributed by atoms with Crippen LogP contribution in [0.5, 0.6) is 0 Å². The fourth-order valence-corrected chi connectivity index (χ4v) is 1.56. The molecule has 3 heteroatoms. The highest BCUT2D eigenvalue weighted by molar-refractivity contribution is 5.48. The van der Waals surface area contributed by atoms with E-state index in [-0.39, 0.29) is 5.82 Å². The number of nitrogens with zero attached hydrogens (tertiary/aromatic N) is 1. The molecule has 0 amide bonds. The molecule has 0 aliphatic heterocycles. The molecule has 0 bridgehead atoms. The summed E-state index contributed by atoms with van der Waals surface area (Å²) in [6, 6.07) is 5.12. The molecule has 15 heavy (non-hydrogen) atoms. The number of nitrogens with one attached hydrogen (secondary N) is 1. The molecule has 0 aromatic heterocycles. The predicted molar refractivity (Wildman–Crippen MR) is 63.0 cm³/mol. The third kappa shape index (κ3) is 3.88. The first kappa shape index (κ1) is 12.0. The number of aryl methyl sites for hydroxylation is 1. The summed E-state index contributed by atoms with van der Waals surface area (Å²) in [5.41, 5.74) is 1.91. The molecular formula is C12H19FN2. The second kappa shape index (κ2) is 5.71. The van der Waals surface area contributed by atoms with Gasteiger partial charge in [0.15, 0.2) is 0 Å². The Hall–Kier alpha value is -1.09. The normalized spacial score (nSPS) is 10.4. The lowest BCUT2D eigenvalue weighted by Gasteiger charge is -2.19. The molecule has 0 heterocycles. The second-order valence-corrected chi connectivity index (χ2v) is 3.87. The Morgan fingerprint density at radius 1 is 1.33 bits per heavy atom. The van der Waals surface area contributed by atoms with Gasteiger partial charge in [-0.3, -0.25) is 0 Å². The monoisotopic (exact) mass is 210 g/mol. The first-order valence-corrected chi connectivity index (χ1v) is 5.26. The molecule has 1 aromatic rings. The molecule has 0 spiro atoms. The minimum atomic E-state index is -0.162. The van der Waals surface area contributed by atoms with Crippen molar-refractivity contribution in [2.24, 2.45) is 0 Å². The van der Waals surface area contributed by atoms with Crippen molar-refractivity contribution in [1.82, 2.24) is 5.32 Å². The highest BCUT2D eigenvalue weighted by Crippen LogP contribution is 2.16. The van der Waals surface area contributed by atoms with E-state index in [1.807, 2.05) is 27.1 Å². The van der Waals surface area contributed by atoms with Crippen molar-refractivity contribution in [2.75, 3.05) is 32.1 Å². The van der Waals surface area contributed by atoms with Crippen LogP contribution >= 0.6 is 0 Å². The van der Waals surface area contributed by atoms with E-state index < -0.39 is 0 Å². The van der Waals surface area contributed by atoms with Crippen LogP contribution in [0.2, 0.25) is 0 Å². The average Bonchev–Trinajstić information content (AvgIpc) is 2.16. The summed E-state index contributed by atoms with van der Waals surface area (Å²) in [5.74, 6) is -0.162. The second-order valence-electron chi connectivity index (χ2n) is 3.87. The summed E-state index contributed by atoms with van der Waals surface area (Å²) < 4.78 is 13.1. The lowest BCUT2D eigenvalue weighted by molar-refractivity contribution is 0.625. The van der Waals surface area contributed by atoms with E-state index in [2.05, 4.69) is 10.2 Å². The van der Waals surface area contributed by atoms with Crippen molar-refractivity contribution in [3.8, 4) is 0 Å². The van der Waals surface area contributed by atoms with Gasteiger partial charge in [-0.25, -0.2) is 4.39 Å². The number of anilines is 1. The van der Waals surface area contributed by atoms with Crippen LogP contribution in [0.4, 0.5) is 10.1 Å². The van der Waals surface area contributed by atoms with Crippen LogP contribution in [0.1, 0.15) is 12.0 Å². The van der Waals surface area contributed by atoms with Gasteiger partial charge in [-0.1, -0.05) is 0 Å². The Morgan fingerprint density at radius 3 is 2.67 bits per heavy atom. The molecule has 84 valence electrons. The predicted octanol–water partition coefficient (Wildman–Crippen LogP) is 2.18. The number of halogens is 1. The fourth-order valence-electron chi connectivity index (χ4n) is 1.56. The third-order valence-corrected chi connectivity index (χ3v) is 2.39. The number of benzene rings is 1. The Labute approximate surface area is 91.1 Å². The maximum absolute atomic E-state index is 13.1. The van der Waals surface area contributed by atoms with Crippen LogP contribution in [0.3, 0.4) is 0 Å². The SMILES string of the molecule is CNCCCN(C)c1cc(C)cc(F)c1. The zero-order valence-electron chi connectivity index (χ0n) is 9.68. The van der Waals surface area contributed by atoms with Crippen LogP contribution in [0.25, 0.3) is 0 Å². The molecule has 0 atom stereocenters. The van der Waals surface area contributed by atoms with Gasteiger partial charge in [0.2, 0.25) is 0 Å². The van der Waals surface area contributed by atoms with Crippen molar-refractivity contribution >= 4 is 5.69 Å². The molecule has 1 aromatic carbocycles. The molecule has 0 fully saturated rings. The van der Waals surface area contributed by atoms with Crippen LogP contribution in [0.15, 0.2) is 18.2 Å². The van der Waals surface area contributed by atoms with E-state index in [1.165, 1.54) is 0 Å². The molecule has 0 aliphatic rings. The van der Waals surface area contributed by atoms with Gasteiger partial charge < -0.3 is 10.2 Å².